The minimum Gasteiger partial charge on any atom is -0.480 e. The van der Waals surface area contributed by atoms with Crippen LogP contribution < -0.4 is 0 Å². The minimum atomic E-state index is -0.920. The van der Waals surface area contributed by atoms with Crippen LogP contribution in [-0.2, 0) is 4.79 Å². The molecule has 7 heteroatoms. The van der Waals surface area contributed by atoms with Crippen LogP contribution in [0.25, 0.3) is 0 Å². The summed E-state index contributed by atoms with van der Waals surface area (Å²) in [6, 6.07) is 1.10. The highest BCUT2D eigenvalue weighted by atomic mass is 79.9. The zero-order valence-corrected chi connectivity index (χ0v) is 14.5. The third kappa shape index (κ3) is 3.04. The third-order valence-corrected chi connectivity index (χ3v) is 6.70. The lowest BCUT2D eigenvalue weighted by atomic mass is 10.2. The van der Waals surface area contributed by atoms with Gasteiger partial charge in [-0.05, 0) is 40.9 Å². The molecule has 2 heterocycles. The second-order valence-corrected chi connectivity index (χ2v) is 8.29. The Balaban J connectivity index is 2.29. The van der Waals surface area contributed by atoms with E-state index in [1.807, 2.05) is 19.9 Å². The molecule has 0 saturated carbocycles. The standard InChI is InChI=1S/C13H16BrNO3S2/c1-3-4-10-15(8(6-19-10)13(17)18)12(16)9-5-7(2)11(14)20-9/h5,8,10H,3-4,6H2,1-2H3,(H,17,18). The second-order valence-electron chi connectivity index (χ2n) is 4.71. The van der Waals surface area contributed by atoms with E-state index in [-0.39, 0.29) is 11.3 Å². The van der Waals surface area contributed by atoms with Gasteiger partial charge in [-0.15, -0.1) is 23.1 Å². The number of nitrogens with zero attached hydrogens (tertiary/aromatic N) is 1. The number of rotatable bonds is 4. The van der Waals surface area contributed by atoms with Gasteiger partial charge < -0.3 is 10.0 Å². The second kappa shape index (κ2) is 6.49. The average molecular weight is 378 g/mol. The molecular weight excluding hydrogens is 362 g/mol. The maximum atomic E-state index is 12.7. The van der Waals surface area contributed by atoms with Crippen LogP contribution in [0.3, 0.4) is 0 Å². The molecule has 1 aliphatic heterocycles. The van der Waals surface area contributed by atoms with Gasteiger partial charge in [0.25, 0.3) is 5.91 Å². The number of amides is 1. The Morgan fingerprint density at radius 1 is 1.55 bits per heavy atom. The van der Waals surface area contributed by atoms with Crippen molar-refractivity contribution in [3.63, 3.8) is 0 Å². The Bertz CT molecular complexity index is 512. The number of thioether (sulfide) groups is 1. The van der Waals surface area contributed by atoms with E-state index >= 15 is 0 Å². The molecule has 0 spiro atoms. The van der Waals surface area contributed by atoms with Crippen molar-refractivity contribution in [2.75, 3.05) is 5.75 Å². The van der Waals surface area contributed by atoms with E-state index in [0.717, 1.165) is 22.2 Å². The normalized spacial score (nSPS) is 22.2. The Morgan fingerprint density at radius 3 is 2.75 bits per heavy atom. The van der Waals surface area contributed by atoms with Gasteiger partial charge in [-0.2, -0.15) is 0 Å². The molecule has 1 saturated heterocycles. The Labute approximate surface area is 134 Å². The van der Waals surface area contributed by atoms with Gasteiger partial charge in [-0.1, -0.05) is 13.3 Å². The number of hydrogen-bond donors (Lipinski definition) is 1. The van der Waals surface area contributed by atoms with Gasteiger partial charge in [0.05, 0.1) is 14.0 Å². The zero-order chi connectivity index (χ0) is 14.9. The van der Waals surface area contributed by atoms with Crippen molar-refractivity contribution >= 4 is 50.9 Å². The van der Waals surface area contributed by atoms with E-state index < -0.39 is 12.0 Å². The number of halogens is 1. The van der Waals surface area contributed by atoms with Crippen molar-refractivity contribution in [1.82, 2.24) is 4.90 Å². The lowest BCUT2D eigenvalue weighted by molar-refractivity contribution is -0.141. The van der Waals surface area contributed by atoms with Gasteiger partial charge in [-0.3, -0.25) is 4.79 Å². The predicted molar refractivity (Wildman–Crippen MR) is 85.5 cm³/mol. The number of hydrogen-bond acceptors (Lipinski definition) is 4. The average Bonchev–Trinajstić information content (AvgIpc) is 2.94. The lowest BCUT2D eigenvalue weighted by Gasteiger charge is -2.26. The third-order valence-electron chi connectivity index (χ3n) is 3.22. The number of thiophene rings is 1. The fraction of sp³-hybridized carbons (Fsp3) is 0.538. The van der Waals surface area contributed by atoms with Crippen molar-refractivity contribution < 1.29 is 14.7 Å². The number of carbonyl (C=O) groups is 2. The Morgan fingerprint density at radius 2 is 2.25 bits per heavy atom. The van der Waals surface area contributed by atoms with Crippen LogP contribution in [0.4, 0.5) is 0 Å². The molecule has 4 nitrogen and oxygen atoms in total. The van der Waals surface area contributed by atoms with Gasteiger partial charge in [0.2, 0.25) is 0 Å². The molecular formula is C13H16BrNO3S2. The van der Waals surface area contributed by atoms with Gasteiger partial charge in [0.1, 0.15) is 6.04 Å². The first-order chi connectivity index (χ1) is 9.45. The summed E-state index contributed by atoms with van der Waals surface area (Å²) in [6.45, 7) is 3.97. The van der Waals surface area contributed by atoms with Crippen molar-refractivity contribution in [2.24, 2.45) is 0 Å². The highest BCUT2D eigenvalue weighted by Crippen LogP contribution is 2.36. The molecule has 0 radical (unpaired) electrons. The van der Waals surface area contributed by atoms with E-state index in [1.165, 1.54) is 11.3 Å². The van der Waals surface area contributed by atoms with E-state index in [2.05, 4.69) is 15.9 Å². The molecule has 1 aliphatic rings. The van der Waals surface area contributed by atoms with Crippen LogP contribution in [0, 0.1) is 6.92 Å². The zero-order valence-electron chi connectivity index (χ0n) is 11.3. The van der Waals surface area contributed by atoms with Gasteiger partial charge in [0, 0.05) is 5.75 Å². The highest BCUT2D eigenvalue weighted by molar-refractivity contribution is 9.11. The molecule has 0 aliphatic carbocycles. The lowest BCUT2D eigenvalue weighted by Crippen LogP contribution is -2.45. The smallest absolute Gasteiger partial charge is 0.327 e. The van der Waals surface area contributed by atoms with Crippen LogP contribution in [0.1, 0.15) is 35.0 Å². The monoisotopic (exact) mass is 377 g/mol. The van der Waals surface area contributed by atoms with E-state index in [0.29, 0.717) is 10.6 Å². The SMILES string of the molecule is CCCC1SCC(C(=O)O)N1C(=O)c1cc(C)c(Br)s1. The summed E-state index contributed by atoms with van der Waals surface area (Å²) in [4.78, 5) is 26.2. The molecule has 2 unspecified atom stereocenters. The molecule has 1 aromatic heterocycles. The largest absolute Gasteiger partial charge is 0.480 e. The molecule has 0 aromatic carbocycles. The van der Waals surface area contributed by atoms with Crippen LogP contribution in [0.15, 0.2) is 9.85 Å². The number of carboxylic acid groups (broad SMARTS) is 1. The molecule has 1 fully saturated rings. The summed E-state index contributed by atoms with van der Waals surface area (Å²) in [5.74, 6) is -0.617. The predicted octanol–water partition coefficient (Wildman–Crippen LogP) is 3.59. The number of aryl methyl sites for hydroxylation is 1. The maximum absolute atomic E-state index is 12.7. The number of carbonyl (C=O) groups excluding carboxylic acids is 1. The van der Waals surface area contributed by atoms with Crippen molar-refractivity contribution in [2.45, 2.75) is 38.1 Å². The minimum absolute atomic E-state index is 0.0326. The summed E-state index contributed by atoms with van der Waals surface area (Å²) >= 11 is 6.34. The topological polar surface area (TPSA) is 57.6 Å². The molecule has 0 bridgehead atoms. The first-order valence-electron chi connectivity index (χ1n) is 6.38. The van der Waals surface area contributed by atoms with E-state index in [1.54, 1.807) is 16.7 Å². The highest BCUT2D eigenvalue weighted by Gasteiger charge is 2.41. The molecule has 1 aromatic rings. The summed E-state index contributed by atoms with van der Waals surface area (Å²) < 4.78 is 0.923. The summed E-state index contributed by atoms with van der Waals surface area (Å²) in [6.07, 6.45) is 1.76. The van der Waals surface area contributed by atoms with E-state index in [4.69, 9.17) is 0 Å². The summed E-state index contributed by atoms with van der Waals surface area (Å²) in [5, 5.41) is 9.28. The number of aliphatic carboxylic acids is 1. The van der Waals surface area contributed by atoms with Gasteiger partial charge in [-0.25, -0.2) is 4.79 Å². The molecule has 2 rings (SSSR count). The van der Waals surface area contributed by atoms with Crippen LogP contribution in [0.2, 0.25) is 0 Å². The maximum Gasteiger partial charge on any atom is 0.327 e. The fourth-order valence-electron chi connectivity index (χ4n) is 2.19. The van der Waals surface area contributed by atoms with Crippen LogP contribution in [0.5, 0.6) is 0 Å². The first kappa shape index (κ1) is 15.9. The van der Waals surface area contributed by atoms with E-state index in [9.17, 15) is 14.7 Å². The molecule has 2 atom stereocenters. The molecule has 110 valence electrons. The fourth-order valence-corrected chi connectivity index (χ4v) is 5.18. The number of carboxylic acids is 1. The van der Waals surface area contributed by atoms with Crippen molar-refractivity contribution in [1.29, 1.82) is 0 Å². The Kier molecular flexibility index (Phi) is 5.14. The van der Waals surface area contributed by atoms with Crippen molar-refractivity contribution in [3.05, 3.63) is 20.3 Å². The molecule has 20 heavy (non-hydrogen) atoms. The van der Waals surface area contributed by atoms with Crippen LogP contribution in [-0.4, -0.2) is 39.1 Å². The summed E-state index contributed by atoms with van der Waals surface area (Å²) in [7, 11) is 0. The Hall–Kier alpha value is -0.530. The molecule has 1 amide bonds. The quantitative estimate of drug-likeness (QED) is 0.870. The summed E-state index contributed by atoms with van der Waals surface area (Å²) in [5.41, 5.74) is 1.00. The van der Waals surface area contributed by atoms with Gasteiger partial charge >= 0.3 is 5.97 Å². The van der Waals surface area contributed by atoms with Crippen LogP contribution >= 0.6 is 39.0 Å². The van der Waals surface area contributed by atoms with Gasteiger partial charge in [0.15, 0.2) is 0 Å². The molecule has 1 N–H and O–H groups in total. The van der Waals surface area contributed by atoms with Crippen molar-refractivity contribution in [3.8, 4) is 0 Å². The first-order valence-corrected chi connectivity index (χ1v) is 9.04.